The van der Waals surface area contributed by atoms with Crippen molar-refractivity contribution in [1.29, 1.82) is 0 Å². The van der Waals surface area contributed by atoms with Gasteiger partial charge in [-0.3, -0.25) is 5.10 Å². The van der Waals surface area contributed by atoms with Crippen LogP contribution in [0, 0.1) is 0 Å². The first-order valence-electron chi connectivity index (χ1n) is 5.12. The molecule has 96 valence electrons. The van der Waals surface area contributed by atoms with E-state index < -0.39 is 9.84 Å². The smallest absolute Gasteiger partial charge is 0.176 e. The average Bonchev–Trinajstić information content (AvgIpc) is 2.73. The number of sulfone groups is 1. The van der Waals surface area contributed by atoms with Crippen LogP contribution < -0.4 is 10.5 Å². The Morgan fingerprint density at radius 1 is 1.39 bits per heavy atom. The van der Waals surface area contributed by atoms with Gasteiger partial charge in [0.25, 0.3) is 0 Å². The Morgan fingerprint density at radius 3 is 2.61 bits per heavy atom. The zero-order valence-electron chi connectivity index (χ0n) is 9.97. The van der Waals surface area contributed by atoms with Crippen molar-refractivity contribution in [3.8, 4) is 17.0 Å². The monoisotopic (exact) mass is 267 g/mol. The summed E-state index contributed by atoms with van der Waals surface area (Å²) in [7, 11) is -1.90. The Balaban J connectivity index is 2.78. The van der Waals surface area contributed by atoms with Crippen LogP contribution in [0.4, 0.5) is 5.82 Å². The van der Waals surface area contributed by atoms with Crippen LogP contribution in [0.1, 0.15) is 0 Å². The number of aromatic nitrogens is 2. The van der Waals surface area contributed by atoms with E-state index in [-0.39, 0.29) is 10.7 Å². The number of methoxy groups -OCH3 is 1. The van der Waals surface area contributed by atoms with Crippen molar-refractivity contribution in [1.82, 2.24) is 10.2 Å². The molecule has 0 saturated carbocycles. The van der Waals surface area contributed by atoms with E-state index in [1.165, 1.54) is 13.2 Å². The Hall–Kier alpha value is -2.02. The molecule has 7 heteroatoms. The highest BCUT2D eigenvalue weighted by Crippen LogP contribution is 2.35. The van der Waals surface area contributed by atoms with Gasteiger partial charge in [-0.25, -0.2) is 8.42 Å². The zero-order chi connectivity index (χ0) is 13.3. The number of nitrogen functional groups attached to an aromatic ring is 1. The minimum Gasteiger partial charge on any atom is -0.496 e. The van der Waals surface area contributed by atoms with E-state index in [4.69, 9.17) is 10.5 Å². The number of hydrogen-bond donors (Lipinski definition) is 2. The summed E-state index contributed by atoms with van der Waals surface area (Å²) in [5.74, 6) is 0.733. The summed E-state index contributed by atoms with van der Waals surface area (Å²) in [5, 5.41) is 6.48. The third-order valence-corrected chi connectivity index (χ3v) is 3.61. The summed E-state index contributed by atoms with van der Waals surface area (Å²) in [5.41, 5.74) is 6.48. The lowest BCUT2D eigenvalue weighted by Gasteiger charge is -2.10. The van der Waals surface area contributed by atoms with Crippen LogP contribution in [0.25, 0.3) is 11.3 Å². The molecule has 18 heavy (non-hydrogen) atoms. The zero-order valence-corrected chi connectivity index (χ0v) is 10.8. The number of hydrogen-bond acceptors (Lipinski definition) is 5. The molecule has 1 heterocycles. The van der Waals surface area contributed by atoms with E-state index in [9.17, 15) is 8.42 Å². The number of H-pyrrole nitrogens is 1. The second-order valence-electron chi connectivity index (χ2n) is 3.81. The molecule has 0 aliphatic rings. The minimum atomic E-state index is -3.37. The highest BCUT2D eigenvalue weighted by atomic mass is 32.2. The maximum absolute atomic E-state index is 11.8. The number of anilines is 1. The lowest BCUT2D eigenvalue weighted by molar-refractivity contribution is 0.415. The Kier molecular flexibility index (Phi) is 3.00. The highest BCUT2D eigenvalue weighted by molar-refractivity contribution is 7.90. The van der Waals surface area contributed by atoms with Crippen molar-refractivity contribution in [2.24, 2.45) is 0 Å². The topological polar surface area (TPSA) is 98.1 Å². The summed E-state index contributed by atoms with van der Waals surface area (Å²) in [6.45, 7) is 0. The van der Waals surface area contributed by atoms with Crippen LogP contribution in [-0.4, -0.2) is 32.0 Å². The molecule has 0 spiro atoms. The minimum absolute atomic E-state index is 0.172. The molecule has 0 bridgehead atoms. The van der Waals surface area contributed by atoms with Gasteiger partial charge in [0.1, 0.15) is 11.6 Å². The predicted octanol–water partition coefficient (Wildman–Crippen LogP) is 1.07. The fraction of sp³-hybridized carbons (Fsp3) is 0.182. The van der Waals surface area contributed by atoms with Crippen molar-refractivity contribution >= 4 is 15.7 Å². The molecule has 0 amide bonds. The summed E-state index contributed by atoms with van der Waals surface area (Å²) < 4.78 is 28.8. The summed E-state index contributed by atoms with van der Waals surface area (Å²) >= 11 is 0. The van der Waals surface area contributed by atoms with Gasteiger partial charge in [0.2, 0.25) is 0 Å². The standard InChI is InChI=1S/C11H13N3O3S/c1-17-8-4-3-5-9(18(2,15)16)11(8)7-6-10(12)14-13-7/h3-6H,1-2H3,(H3,12,13,14). The van der Waals surface area contributed by atoms with E-state index in [1.807, 2.05) is 0 Å². The summed E-state index contributed by atoms with van der Waals surface area (Å²) in [6, 6.07) is 6.39. The molecule has 0 aliphatic carbocycles. The maximum Gasteiger partial charge on any atom is 0.176 e. The number of nitrogens with zero attached hydrogens (tertiary/aromatic N) is 1. The average molecular weight is 267 g/mol. The van der Waals surface area contributed by atoms with Crippen LogP contribution in [0.15, 0.2) is 29.2 Å². The van der Waals surface area contributed by atoms with E-state index in [0.29, 0.717) is 17.0 Å². The van der Waals surface area contributed by atoms with Gasteiger partial charge in [-0.1, -0.05) is 6.07 Å². The highest BCUT2D eigenvalue weighted by Gasteiger charge is 2.20. The van der Waals surface area contributed by atoms with Gasteiger partial charge in [0, 0.05) is 12.3 Å². The molecule has 2 rings (SSSR count). The third kappa shape index (κ3) is 2.17. The van der Waals surface area contributed by atoms with E-state index in [1.54, 1.807) is 18.2 Å². The molecule has 6 nitrogen and oxygen atoms in total. The van der Waals surface area contributed by atoms with Crippen molar-refractivity contribution < 1.29 is 13.2 Å². The SMILES string of the molecule is COc1cccc(S(C)(=O)=O)c1-c1cc(N)n[nH]1. The van der Waals surface area contributed by atoms with Crippen molar-refractivity contribution in [2.45, 2.75) is 4.90 Å². The van der Waals surface area contributed by atoms with Gasteiger partial charge in [0.15, 0.2) is 9.84 Å². The van der Waals surface area contributed by atoms with Gasteiger partial charge in [-0.15, -0.1) is 0 Å². The Morgan fingerprint density at radius 2 is 2.11 bits per heavy atom. The maximum atomic E-state index is 11.8. The van der Waals surface area contributed by atoms with Crippen molar-refractivity contribution in [3.63, 3.8) is 0 Å². The van der Waals surface area contributed by atoms with Gasteiger partial charge < -0.3 is 10.5 Å². The molecule has 0 fully saturated rings. The Labute approximate surface area is 105 Å². The van der Waals surface area contributed by atoms with E-state index in [0.717, 1.165) is 6.26 Å². The van der Waals surface area contributed by atoms with Crippen LogP contribution in [0.2, 0.25) is 0 Å². The fourth-order valence-electron chi connectivity index (χ4n) is 1.72. The van der Waals surface area contributed by atoms with Gasteiger partial charge in [-0.2, -0.15) is 5.10 Å². The van der Waals surface area contributed by atoms with Crippen LogP contribution in [0.5, 0.6) is 5.75 Å². The number of nitrogens with two attached hydrogens (primary N) is 1. The van der Waals surface area contributed by atoms with E-state index in [2.05, 4.69) is 10.2 Å². The van der Waals surface area contributed by atoms with Crippen molar-refractivity contribution in [3.05, 3.63) is 24.3 Å². The molecule has 0 unspecified atom stereocenters. The van der Waals surface area contributed by atoms with Crippen molar-refractivity contribution in [2.75, 3.05) is 19.1 Å². The molecule has 0 saturated heterocycles. The summed E-state index contributed by atoms with van der Waals surface area (Å²) in [4.78, 5) is 0.172. The van der Waals surface area contributed by atoms with Gasteiger partial charge in [-0.05, 0) is 12.1 Å². The fourth-order valence-corrected chi connectivity index (χ4v) is 2.63. The van der Waals surface area contributed by atoms with Crippen LogP contribution in [0.3, 0.4) is 0 Å². The molecule has 3 N–H and O–H groups in total. The van der Waals surface area contributed by atoms with Gasteiger partial charge in [0.05, 0.1) is 23.3 Å². The number of ether oxygens (including phenoxy) is 1. The lowest BCUT2D eigenvalue weighted by Crippen LogP contribution is -2.02. The molecular weight excluding hydrogens is 254 g/mol. The second-order valence-corrected chi connectivity index (χ2v) is 5.80. The first kappa shape index (κ1) is 12.4. The summed E-state index contributed by atoms with van der Waals surface area (Å²) in [6.07, 6.45) is 1.14. The predicted molar refractivity (Wildman–Crippen MR) is 68.1 cm³/mol. The lowest BCUT2D eigenvalue weighted by atomic mass is 10.1. The molecular formula is C11H13N3O3S. The third-order valence-electron chi connectivity index (χ3n) is 2.47. The molecule has 2 aromatic rings. The van der Waals surface area contributed by atoms with Crippen LogP contribution >= 0.6 is 0 Å². The van der Waals surface area contributed by atoms with Crippen LogP contribution in [-0.2, 0) is 9.84 Å². The first-order valence-corrected chi connectivity index (χ1v) is 7.01. The molecule has 0 radical (unpaired) electrons. The second kappa shape index (κ2) is 4.34. The van der Waals surface area contributed by atoms with Gasteiger partial charge >= 0.3 is 0 Å². The number of aromatic amines is 1. The molecule has 0 atom stereocenters. The largest absolute Gasteiger partial charge is 0.496 e. The molecule has 1 aromatic carbocycles. The Bertz CT molecular complexity index is 677. The quantitative estimate of drug-likeness (QED) is 0.866. The normalized spacial score (nSPS) is 11.4. The molecule has 1 aromatic heterocycles. The molecule has 0 aliphatic heterocycles. The number of nitrogens with one attached hydrogen (secondary N) is 1. The van der Waals surface area contributed by atoms with E-state index >= 15 is 0 Å². The number of rotatable bonds is 3. The number of benzene rings is 1. The first-order chi connectivity index (χ1) is 8.43.